The van der Waals surface area contributed by atoms with Crippen LogP contribution in [0.1, 0.15) is 73.1 Å². The molecule has 0 bridgehead atoms. The van der Waals surface area contributed by atoms with Gasteiger partial charge in [0.1, 0.15) is 0 Å². The fourth-order valence-electron chi connectivity index (χ4n) is 7.35. The lowest BCUT2D eigenvalue weighted by atomic mass is 9.81. The lowest BCUT2D eigenvalue weighted by molar-refractivity contribution is 0.660. The average molecular weight is 647 g/mol. The van der Waals surface area contributed by atoms with E-state index in [2.05, 4.69) is 13.8 Å². The van der Waals surface area contributed by atoms with Crippen LogP contribution in [0.3, 0.4) is 0 Å². The van der Waals surface area contributed by atoms with Crippen molar-refractivity contribution in [1.29, 1.82) is 0 Å². The second-order valence-corrected chi connectivity index (χ2v) is 12.8. The van der Waals surface area contributed by atoms with E-state index in [1.54, 1.807) is 29.2 Å². The number of hydrogen-bond acceptors (Lipinski definition) is 1. The van der Waals surface area contributed by atoms with Crippen LogP contribution < -0.4 is 4.90 Å². The van der Waals surface area contributed by atoms with Crippen LogP contribution in [0.5, 0.6) is 0 Å². The number of para-hydroxylation sites is 1. The summed E-state index contributed by atoms with van der Waals surface area (Å²) in [6.45, 7) is -3.28. The lowest BCUT2D eigenvalue weighted by Gasteiger charge is -2.31. The van der Waals surface area contributed by atoms with Crippen molar-refractivity contribution in [3.63, 3.8) is 0 Å². The van der Waals surface area contributed by atoms with Gasteiger partial charge >= 0.3 is 0 Å². The van der Waals surface area contributed by atoms with E-state index in [1.165, 1.54) is 0 Å². The molecule has 0 amide bonds. The largest absolute Gasteiger partial charge is 0.310 e. The molecular weight excluding hydrogens is 591 g/mol. The zero-order valence-electron chi connectivity index (χ0n) is 43.7. The van der Waals surface area contributed by atoms with E-state index in [0.29, 0.717) is 16.9 Å². The van der Waals surface area contributed by atoms with Crippen LogP contribution in [0.15, 0.2) is 164 Å². The van der Waals surface area contributed by atoms with Gasteiger partial charge in [0.05, 0.1) is 20.8 Å². The zero-order valence-corrected chi connectivity index (χ0v) is 26.7. The summed E-state index contributed by atoms with van der Waals surface area (Å²) in [6.07, 6.45) is 0. The number of rotatable bonds is 5. The summed E-state index contributed by atoms with van der Waals surface area (Å²) in [6, 6.07) is 20.4. The van der Waals surface area contributed by atoms with Gasteiger partial charge in [0, 0.05) is 36.0 Å². The molecule has 0 spiro atoms. The maximum Gasteiger partial charge on any atom is 0.0648 e. The highest BCUT2D eigenvalue weighted by atomic mass is 15.1. The Kier molecular flexibility index (Phi) is 3.71. The summed E-state index contributed by atoms with van der Waals surface area (Å²) >= 11 is 0. The predicted molar refractivity (Wildman–Crippen MR) is 207 cm³/mol. The summed E-state index contributed by atoms with van der Waals surface area (Å²) in [4.78, 5) is 1.54. The first-order chi connectivity index (χ1) is 30.9. The molecule has 9 rings (SSSR count). The zero-order chi connectivity index (χ0) is 47.9. The Hall–Kier alpha value is -5.66. The summed E-state index contributed by atoms with van der Waals surface area (Å²) in [7, 11) is 0. The van der Waals surface area contributed by atoms with Crippen molar-refractivity contribution in [3.8, 4) is 44.5 Å². The smallest absolute Gasteiger partial charge is 0.0648 e. The first kappa shape index (κ1) is 16.6. The summed E-state index contributed by atoms with van der Waals surface area (Å²) < 4.78 is 155. The number of benzene rings is 7. The fourth-order valence-corrected chi connectivity index (χ4v) is 7.35. The van der Waals surface area contributed by atoms with Gasteiger partial charge < -0.3 is 4.90 Å². The van der Waals surface area contributed by atoms with Gasteiger partial charge in [-0.3, -0.25) is 0 Å². The number of anilines is 3. The van der Waals surface area contributed by atoms with Crippen molar-refractivity contribution in [1.82, 2.24) is 0 Å². The topological polar surface area (TPSA) is 3.24 Å². The summed E-state index contributed by atoms with van der Waals surface area (Å²) in [5.74, 6) is 0. The number of fused-ring (bicyclic) bond motifs is 6. The van der Waals surface area contributed by atoms with Crippen LogP contribution in [-0.4, -0.2) is 0 Å². The molecular formula is C48H39N. The highest BCUT2D eigenvalue weighted by Crippen LogP contribution is 2.55. The molecule has 0 fully saturated rings. The second-order valence-electron chi connectivity index (χ2n) is 12.8. The Labute approximate surface area is 314 Å². The fraction of sp³-hybridized carbons (Fsp3) is 0.125. The molecule has 1 heteroatoms. The molecule has 2 aliphatic carbocycles. The van der Waals surface area contributed by atoms with Crippen molar-refractivity contribution in [2.45, 2.75) is 38.4 Å². The molecule has 0 atom stereocenters. The first-order valence-electron chi connectivity index (χ1n) is 24.5. The molecule has 0 N–H and O–H groups in total. The van der Waals surface area contributed by atoms with Crippen LogP contribution >= 0.6 is 0 Å². The molecule has 0 unspecified atom stereocenters. The molecule has 0 radical (unpaired) electrons. The maximum atomic E-state index is 10.3. The summed E-state index contributed by atoms with van der Waals surface area (Å²) in [5.41, 5.74) is -2.74. The highest BCUT2D eigenvalue weighted by Gasteiger charge is 2.39. The van der Waals surface area contributed by atoms with Crippen LogP contribution in [0.25, 0.3) is 44.5 Å². The van der Waals surface area contributed by atoms with Gasteiger partial charge in [-0.25, -0.2) is 0 Å². The first-order valence-corrected chi connectivity index (χ1v) is 16.0. The Bertz CT molecular complexity index is 3180. The maximum absolute atomic E-state index is 10.3. The van der Waals surface area contributed by atoms with E-state index in [9.17, 15) is 6.85 Å². The molecule has 1 nitrogen and oxygen atoms in total. The van der Waals surface area contributed by atoms with Crippen molar-refractivity contribution >= 4 is 17.1 Å². The van der Waals surface area contributed by atoms with Gasteiger partial charge in [-0.1, -0.05) is 161 Å². The SMILES string of the molecule is [2H]c1c([2H])c([2H])c(-c2c([2H])c([2H])c([2H])c3c2-c2c([2H])c([2H])c(N(c4ccc5c(c4)C(C)(C)c4ccccc4-5)c4ccccc4-c4ccccc4)c([2H])c2C3(C([2H])([2H])[2H])C([2H])([2H])[2H])c([2H])c1[2H]. The van der Waals surface area contributed by atoms with Gasteiger partial charge in [-0.2, -0.15) is 0 Å². The van der Waals surface area contributed by atoms with Crippen LogP contribution in [0.4, 0.5) is 17.1 Å². The number of hydrogen-bond donors (Lipinski definition) is 0. The third-order valence-corrected chi connectivity index (χ3v) is 9.70. The highest BCUT2D eigenvalue weighted by molar-refractivity contribution is 5.95. The van der Waals surface area contributed by atoms with E-state index >= 15 is 0 Å². The van der Waals surface area contributed by atoms with Crippen molar-refractivity contribution in [2.75, 3.05) is 4.90 Å². The molecule has 0 aliphatic heterocycles. The third kappa shape index (κ3) is 4.46. The van der Waals surface area contributed by atoms with Gasteiger partial charge in [0.15, 0.2) is 0 Å². The van der Waals surface area contributed by atoms with E-state index in [4.69, 9.17) is 16.4 Å². The molecule has 0 saturated heterocycles. The van der Waals surface area contributed by atoms with Gasteiger partial charge in [-0.05, 0) is 91.5 Å². The van der Waals surface area contributed by atoms with E-state index in [1.807, 2.05) is 72.8 Å². The lowest BCUT2D eigenvalue weighted by Crippen LogP contribution is -2.18. The normalized spacial score (nSPS) is 19.9. The van der Waals surface area contributed by atoms with Crippen LogP contribution in [-0.2, 0) is 10.8 Å². The molecule has 7 aromatic carbocycles. The molecule has 2 aliphatic rings. The van der Waals surface area contributed by atoms with E-state index in [0.717, 1.165) is 27.8 Å². The second kappa shape index (κ2) is 10.9. The minimum absolute atomic E-state index is 0.380. The van der Waals surface area contributed by atoms with E-state index < -0.39 is 124 Å². The van der Waals surface area contributed by atoms with E-state index in [-0.39, 0.29) is 5.69 Å². The summed E-state index contributed by atoms with van der Waals surface area (Å²) in [5, 5.41) is 0. The standard InChI is InChI=1S/C48H39N/c1-47(2)41-23-13-11-21-38(41)39-28-26-34(30-43(39)47)49(45-25-14-12-20-36(45)32-16-7-5-8-17-32)35-27-29-40-44(31-35)48(3,4)42-24-15-22-37(46(40)42)33-18-9-6-10-19-33/h5-31H,1-4H3/i3D3,4D3,6D,9D,10D,15D,18D,19D,22D,24D,27D,29D,31D. The minimum Gasteiger partial charge on any atom is -0.310 e. The van der Waals surface area contributed by atoms with Gasteiger partial charge in [0.25, 0.3) is 0 Å². The Morgan fingerprint density at radius 1 is 0.490 bits per heavy atom. The monoisotopic (exact) mass is 646 g/mol. The van der Waals surface area contributed by atoms with Gasteiger partial charge in [0.2, 0.25) is 0 Å². The molecule has 0 aromatic heterocycles. The molecule has 236 valence electrons. The average Bonchev–Trinajstić information content (AvgIpc) is 3.74. The molecule has 7 aromatic rings. The molecule has 0 heterocycles. The van der Waals surface area contributed by atoms with Gasteiger partial charge in [-0.15, -0.1) is 0 Å². The van der Waals surface area contributed by atoms with Crippen molar-refractivity contribution in [2.24, 2.45) is 0 Å². The Balaban J connectivity index is 1.48. The molecule has 0 saturated carbocycles. The Morgan fingerprint density at radius 3 is 2.04 bits per heavy atom. The quantitative estimate of drug-likeness (QED) is 0.180. The van der Waals surface area contributed by atoms with Crippen LogP contribution in [0.2, 0.25) is 0 Å². The third-order valence-electron chi connectivity index (χ3n) is 9.70. The predicted octanol–water partition coefficient (Wildman–Crippen LogP) is 13.1. The van der Waals surface area contributed by atoms with Crippen molar-refractivity contribution < 1.29 is 23.3 Å². The van der Waals surface area contributed by atoms with Crippen LogP contribution in [0, 0.1) is 0 Å². The Morgan fingerprint density at radius 2 is 1.22 bits per heavy atom. The minimum atomic E-state index is -3.71. The molecule has 49 heavy (non-hydrogen) atoms. The number of nitrogens with zero attached hydrogens (tertiary/aromatic N) is 1. The van der Waals surface area contributed by atoms with Crippen molar-refractivity contribution in [3.05, 3.63) is 186 Å².